The Morgan fingerprint density at radius 3 is 2.71 bits per heavy atom. The van der Waals surface area contributed by atoms with Gasteiger partial charge in [0.1, 0.15) is 9.56 Å². The summed E-state index contributed by atoms with van der Waals surface area (Å²) in [6, 6.07) is 4.98. The van der Waals surface area contributed by atoms with Gasteiger partial charge in [0.2, 0.25) is 9.84 Å². The maximum Gasteiger partial charge on any atom is 0.213 e. The normalized spacial score (nSPS) is 17.4. The van der Waals surface area contributed by atoms with Crippen LogP contribution in [0, 0.1) is 0 Å². The number of sulfone groups is 1. The molecule has 0 aromatic heterocycles. The zero-order chi connectivity index (χ0) is 10.3. The van der Waals surface area contributed by atoms with Crippen molar-refractivity contribution in [1.82, 2.24) is 0 Å². The Balaban J connectivity index is 2.70. The van der Waals surface area contributed by atoms with Crippen LogP contribution in [0.25, 0.3) is 6.08 Å². The molecule has 1 aliphatic heterocycles. The van der Waals surface area contributed by atoms with Gasteiger partial charge >= 0.3 is 0 Å². The average Bonchev–Trinajstić information content (AvgIpc) is 2.38. The van der Waals surface area contributed by atoms with Crippen molar-refractivity contribution >= 4 is 31.8 Å². The van der Waals surface area contributed by atoms with E-state index in [-0.39, 0.29) is 3.81 Å². The fourth-order valence-electron chi connectivity index (χ4n) is 1.30. The van der Waals surface area contributed by atoms with Crippen LogP contribution in [-0.2, 0) is 9.84 Å². The van der Waals surface area contributed by atoms with E-state index in [2.05, 4.69) is 15.9 Å². The lowest BCUT2D eigenvalue weighted by Crippen LogP contribution is -1.96. The largest absolute Gasteiger partial charge is 0.497 e. The summed E-state index contributed by atoms with van der Waals surface area (Å²) in [5, 5.41) is 0. The molecule has 74 valence electrons. The van der Waals surface area contributed by atoms with Gasteiger partial charge in [-0.2, -0.15) is 0 Å². The molecule has 1 aromatic rings. The highest BCUT2D eigenvalue weighted by Crippen LogP contribution is 2.37. The zero-order valence-corrected chi connectivity index (χ0v) is 9.72. The SMILES string of the molecule is COc1ccc2c(c1)S(=O)(=O)C(Br)=C2. The first-order chi connectivity index (χ1) is 6.55. The van der Waals surface area contributed by atoms with Gasteiger partial charge in [-0.1, -0.05) is 0 Å². The van der Waals surface area contributed by atoms with Gasteiger partial charge in [-0.05, 0) is 45.8 Å². The maximum absolute atomic E-state index is 11.7. The van der Waals surface area contributed by atoms with Gasteiger partial charge in [-0.15, -0.1) is 0 Å². The molecule has 2 rings (SSSR count). The third-order valence-electron chi connectivity index (χ3n) is 2.04. The highest BCUT2D eigenvalue weighted by Gasteiger charge is 2.28. The summed E-state index contributed by atoms with van der Waals surface area (Å²) in [5.41, 5.74) is 0.692. The van der Waals surface area contributed by atoms with Crippen molar-refractivity contribution < 1.29 is 13.2 Å². The summed E-state index contributed by atoms with van der Waals surface area (Å²) in [6.07, 6.45) is 1.59. The second-order valence-corrected chi connectivity index (χ2v) is 6.12. The Bertz CT molecular complexity index is 517. The second-order valence-electron chi connectivity index (χ2n) is 2.86. The lowest BCUT2D eigenvalue weighted by atomic mass is 10.2. The molecule has 0 N–H and O–H groups in total. The lowest BCUT2D eigenvalue weighted by Gasteiger charge is -2.02. The van der Waals surface area contributed by atoms with Crippen molar-refractivity contribution in [3.05, 3.63) is 27.6 Å². The van der Waals surface area contributed by atoms with E-state index in [4.69, 9.17) is 4.74 Å². The van der Waals surface area contributed by atoms with Crippen molar-refractivity contribution in [2.24, 2.45) is 0 Å². The molecule has 0 spiro atoms. The molecule has 0 unspecified atom stereocenters. The predicted octanol–water partition coefficient (Wildman–Crippen LogP) is 2.18. The summed E-state index contributed by atoms with van der Waals surface area (Å²) >= 11 is 3.02. The minimum Gasteiger partial charge on any atom is -0.497 e. The predicted molar refractivity (Wildman–Crippen MR) is 57.1 cm³/mol. The van der Waals surface area contributed by atoms with E-state index in [0.29, 0.717) is 16.2 Å². The third-order valence-corrected chi connectivity index (χ3v) is 5.11. The standard InChI is InChI=1S/C9H7BrO3S/c1-13-7-3-2-6-4-9(10)14(11,12)8(6)5-7/h2-5H,1H3. The van der Waals surface area contributed by atoms with Gasteiger partial charge in [0.05, 0.1) is 12.0 Å². The number of rotatable bonds is 1. The second kappa shape index (κ2) is 3.10. The minimum atomic E-state index is -3.32. The van der Waals surface area contributed by atoms with E-state index >= 15 is 0 Å². The first kappa shape index (κ1) is 9.73. The monoisotopic (exact) mass is 274 g/mol. The summed E-state index contributed by atoms with van der Waals surface area (Å²) < 4.78 is 28.5. The smallest absolute Gasteiger partial charge is 0.213 e. The van der Waals surface area contributed by atoms with Crippen molar-refractivity contribution in [2.75, 3.05) is 7.11 Å². The van der Waals surface area contributed by atoms with Crippen LogP contribution in [0.4, 0.5) is 0 Å². The van der Waals surface area contributed by atoms with Gasteiger partial charge < -0.3 is 4.74 Å². The van der Waals surface area contributed by atoms with E-state index in [1.54, 1.807) is 18.2 Å². The number of hydrogen-bond donors (Lipinski definition) is 0. The molecule has 5 heteroatoms. The number of fused-ring (bicyclic) bond motifs is 1. The molecule has 0 fully saturated rings. The fraction of sp³-hybridized carbons (Fsp3) is 0.111. The Kier molecular flexibility index (Phi) is 2.16. The van der Waals surface area contributed by atoms with Crippen LogP contribution >= 0.6 is 15.9 Å². The van der Waals surface area contributed by atoms with Crippen LogP contribution in [0.15, 0.2) is 26.9 Å². The molecular weight excluding hydrogens is 268 g/mol. The Hall–Kier alpha value is -0.810. The average molecular weight is 275 g/mol. The molecule has 14 heavy (non-hydrogen) atoms. The van der Waals surface area contributed by atoms with Crippen LogP contribution in [-0.4, -0.2) is 15.5 Å². The van der Waals surface area contributed by atoms with Gasteiger partial charge in [0.25, 0.3) is 0 Å². The topological polar surface area (TPSA) is 43.4 Å². The molecule has 3 nitrogen and oxygen atoms in total. The van der Waals surface area contributed by atoms with Crippen LogP contribution in [0.5, 0.6) is 5.75 Å². The molecule has 1 aromatic carbocycles. The van der Waals surface area contributed by atoms with E-state index in [1.165, 1.54) is 13.2 Å². The number of halogens is 1. The Morgan fingerprint density at radius 2 is 2.07 bits per heavy atom. The first-order valence-corrected chi connectivity index (χ1v) is 6.13. The molecular formula is C9H7BrO3S. The van der Waals surface area contributed by atoms with Crippen LogP contribution in [0.3, 0.4) is 0 Å². The van der Waals surface area contributed by atoms with Crippen molar-refractivity contribution in [3.63, 3.8) is 0 Å². The van der Waals surface area contributed by atoms with Crippen molar-refractivity contribution in [1.29, 1.82) is 0 Å². The Labute approximate surface area is 90.4 Å². The van der Waals surface area contributed by atoms with Crippen LogP contribution in [0.1, 0.15) is 5.56 Å². The fourth-order valence-corrected chi connectivity index (χ4v) is 3.27. The number of ether oxygens (including phenoxy) is 1. The maximum atomic E-state index is 11.7. The van der Waals surface area contributed by atoms with Gasteiger partial charge in [0, 0.05) is 0 Å². The molecule has 0 saturated heterocycles. The summed E-state index contributed by atoms with van der Waals surface area (Å²) in [4.78, 5) is 0.295. The molecule has 0 bridgehead atoms. The number of methoxy groups -OCH3 is 1. The number of hydrogen-bond acceptors (Lipinski definition) is 3. The van der Waals surface area contributed by atoms with Crippen LogP contribution < -0.4 is 4.74 Å². The molecule has 0 aliphatic carbocycles. The van der Waals surface area contributed by atoms with Crippen LogP contribution in [0.2, 0.25) is 0 Å². The zero-order valence-electron chi connectivity index (χ0n) is 7.32. The highest BCUT2D eigenvalue weighted by atomic mass is 79.9. The van der Waals surface area contributed by atoms with E-state index < -0.39 is 9.84 Å². The highest BCUT2D eigenvalue weighted by molar-refractivity contribution is 9.13. The lowest BCUT2D eigenvalue weighted by molar-refractivity contribution is 0.413. The molecule has 1 heterocycles. The molecule has 0 radical (unpaired) electrons. The summed E-state index contributed by atoms with van der Waals surface area (Å²) in [5.74, 6) is 0.544. The van der Waals surface area contributed by atoms with Gasteiger partial charge in [0.15, 0.2) is 0 Å². The summed E-state index contributed by atoms with van der Waals surface area (Å²) in [6.45, 7) is 0. The van der Waals surface area contributed by atoms with E-state index in [9.17, 15) is 8.42 Å². The molecule has 1 aliphatic rings. The molecule has 0 saturated carbocycles. The minimum absolute atomic E-state index is 0.202. The van der Waals surface area contributed by atoms with Crippen molar-refractivity contribution in [3.8, 4) is 5.75 Å². The molecule has 0 atom stereocenters. The van der Waals surface area contributed by atoms with Gasteiger partial charge in [-0.3, -0.25) is 0 Å². The van der Waals surface area contributed by atoms with Gasteiger partial charge in [-0.25, -0.2) is 8.42 Å². The number of benzene rings is 1. The quantitative estimate of drug-likeness (QED) is 0.789. The summed E-state index contributed by atoms with van der Waals surface area (Å²) in [7, 11) is -1.81. The van der Waals surface area contributed by atoms with Crippen molar-refractivity contribution in [2.45, 2.75) is 4.90 Å². The van der Waals surface area contributed by atoms with E-state index in [0.717, 1.165) is 0 Å². The Morgan fingerprint density at radius 1 is 1.36 bits per heavy atom. The first-order valence-electron chi connectivity index (χ1n) is 3.86. The molecule has 0 amide bonds. The van der Waals surface area contributed by atoms with E-state index in [1.807, 2.05) is 0 Å². The third kappa shape index (κ3) is 1.27.